The summed E-state index contributed by atoms with van der Waals surface area (Å²) in [7, 11) is 0. The van der Waals surface area contributed by atoms with E-state index in [2.05, 4.69) is 15.6 Å². The maximum atomic E-state index is 13.3. The highest BCUT2D eigenvalue weighted by atomic mass is 19.1. The molecule has 0 unspecified atom stereocenters. The molecular formula is C15H20FN3. The van der Waals surface area contributed by atoms with Gasteiger partial charge in [0.1, 0.15) is 5.82 Å². The van der Waals surface area contributed by atoms with E-state index in [1.165, 1.54) is 18.9 Å². The molecule has 0 atom stereocenters. The normalized spacial score (nSPS) is 17.1. The first-order chi connectivity index (χ1) is 9.33. The molecule has 0 bridgehead atoms. The number of benzene rings is 1. The summed E-state index contributed by atoms with van der Waals surface area (Å²) in [6.07, 6.45) is 4.46. The van der Waals surface area contributed by atoms with Gasteiger partial charge in [0.25, 0.3) is 0 Å². The molecule has 1 aromatic carbocycles. The topological polar surface area (TPSA) is 39.9 Å². The Balaban J connectivity index is 1.60. The zero-order valence-electron chi connectivity index (χ0n) is 11.0. The summed E-state index contributed by atoms with van der Waals surface area (Å²) in [6, 6.07) is 4.89. The quantitative estimate of drug-likeness (QED) is 0.791. The molecule has 0 amide bonds. The number of nitrogens with one attached hydrogen (secondary N) is 3. The lowest BCUT2D eigenvalue weighted by Gasteiger charge is -2.22. The molecule has 0 saturated carbocycles. The highest BCUT2D eigenvalue weighted by Crippen LogP contribution is 2.19. The van der Waals surface area contributed by atoms with E-state index in [9.17, 15) is 4.39 Å². The molecule has 1 aliphatic heterocycles. The zero-order valence-corrected chi connectivity index (χ0v) is 11.0. The van der Waals surface area contributed by atoms with Crippen molar-refractivity contribution in [3.8, 4) is 0 Å². The Morgan fingerprint density at radius 2 is 2.11 bits per heavy atom. The van der Waals surface area contributed by atoms with Crippen LogP contribution in [0.4, 0.5) is 4.39 Å². The number of hydrogen-bond donors (Lipinski definition) is 3. The van der Waals surface area contributed by atoms with E-state index in [-0.39, 0.29) is 5.82 Å². The van der Waals surface area contributed by atoms with Gasteiger partial charge in [0.15, 0.2) is 0 Å². The van der Waals surface area contributed by atoms with Crippen molar-refractivity contribution in [3.05, 3.63) is 35.8 Å². The Kier molecular flexibility index (Phi) is 3.80. The second kappa shape index (κ2) is 5.72. The van der Waals surface area contributed by atoms with Gasteiger partial charge in [0.2, 0.25) is 0 Å². The lowest BCUT2D eigenvalue weighted by Crippen LogP contribution is -2.33. The summed E-state index contributed by atoms with van der Waals surface area (Å²) in [6.45, 7) is 4.10. The van der Waals surface area contributed by atoms with Crippen molar-refractivity contribution in [3.63, 3.8) is 0 Å². The Bertz CT molecular complexity index is 543. The van der Waals surface area contributed by atoms with Gasteiger partial charge in [0, 0.05) is 23.6 Å². The molecule has 1 aliphatic rings. The van der Waals surface area contributed by atoms with Crippen molar-refractivity contribution in [2.24, 2.45) is 5.92 Å². The van der Waals surface area contributed by atoms with Crippen molar-refractivity contribution in [2.75, 3.05) is 19.6 Å². The maximum absolute atomic E-state index is 13.3. The van der Waals surface area contributed by atoms with Crippen LogP contribution < -0.4 is 10.6 Å². The van der Waals surface area contributed by atoms with Gasteiger partial charge in [-0.15, -0.1) is 0 Å². The Labute approximate surface area is 112 Å². The van der Waals surface area contributed by atoms with Gasteiger partial charge in [-0.1, -0.05) is 0 Å². The van der Waals surface area contributed by atoms with Gasteiger partial charge in [-0.05, 0) is 62.2 Å². The summed E-state index contributed by atoms with van der Waals surface area (Å²) in [5, 5.41) is 7.86. The third kappa shape index (κ3) is 2.96. The molecule has 4 heteroatoms. The van der Waals surface area contributed by atoms with Crippen molar-refractivity contribution in [1.82, 2.24) is 15.6 Å². The minimum atomic E-state index is -0.174. The predicted octanol–water partition coefficient (Wildman–Crippen LogP) is 2.40. The first kappa shape index (κ1) is 12.6. The fraction of sp³-hybridized carbons (Fsp3) is 0.467. The number of aromatic amines is 1. The van der Waals surface area contributed by atoms with Crippen LogP contribution in [0.1, 0.15) is 18.4 Å². The second-order valence-electron chi connectivity index (χ2n) is 5.33. The smallest absolute Gasteiger partial charge is 0.123 e. The third-order valence-corrected chi connectivity index (χ3v) is 3.94. The molecule has 3 nitrogen and oxygen atoms in total. The fourth-order valence-corrected chi connectivity index (χ4v) is 2.79. The fourth-order valence-electron chi connectivity index (χ4n) is 2.79. The molecule has 3 N–H and O–H groups in total. The number of hydrogen-bond acceptors (Lipinski definition) is 2. The monoisotopic (exact) mass is 261 g/mol. The molecule has 0 radical (unpaired) electrons. The van der Waals surface area contributed by atoms with Crippen LogP contribution in [0.25, 0.3) is 10.9 Å². The SMILES string of the molecule is Fc1ccc2[nH]cc(CNCC3CCNCC3)c2c1. The highest BCUT2D eigenvalue weighted by Gasteiger charge is 2.12. The first-order valence-electron chi connectivity index (χ1n) is 7.00. The summed E-state index contributed by atoms with van der Waals surface area (Å²) in [4.78, 5) is 3.19. The molecule has 2 aromatic rings. The van der Waals surface area contributed by atoms with Crippen LogP contribution in [0.15, 0.2) is 24.4 Å². The highest BCUT2D eigenvalue weighted by molar-refractivity contribution is 5.83. The summed E-state index contributed by atoms with van der Waals surface area (Å²) in [5.41, 5.74) is 2.14. The van der Waals surface area contributed by atoms with Crippen molar-refractivity contribution in [1.29, 1.82) is 0 Å². The number of aromatic nitrogens is 1. The second-order valence-corrected chi connectivity index (χ2v) is 5.33. The Morgan fingerprint density at radius 3 is 2.95 bits per heavy atom. The average Bonchev–Trinajstić information content (AvgIpc) is 2.83. The third-order valence-electron chi connectivity index (χ3n) is 3.94. The van der Waals surface area contributed by atoms with E-state index >= 15 is 0 Å². The zero-order chi connectivity index (χ0) is 13.1. The van der Waals surface area contributed by atoms with E-state index in [0.717, 1.165) is 48.6 Å². The molecule has 1 saturated heterocycles. The first-order valence-corrected chi connectivity index (χ1v) is 7.00. The number of fused-ring (bicyclic) bond motifs is 1. The minimum absolute atomic E-state index is 0.174. The summed E-state index contributed by atoms with van der Waals surface area (Å²) in [5.74, 6) is 0.592. The van der Waals surface area contributed by atoms with Crippen LogP contribution in [0, 0.1) is 11.7 Å². The van der Waals surface area contributed by atoms with Crippen molar-refractivity contribution >= 4 is 10.9 Å². The number of piperidine rings is 1. The van der Waals surface area contributed by atoms with Gasteiger partial charge in [-0.2, -0.15) is 0 Å². The van der Waals surface area contributed by atoms with Crippen LogP contribution in [-0.4, -0.2) is 24.6 Å². The van der Waals surface area contributed by atoms with Crippen LogP contribution in [0.5, 0.6) is 0 Å². The van der Waals surface area contributed by atoms with Gasteiger partial charge >= 0.3 is 0 Å². The molecule has 0 aliphatic carbocycles. The van der Waals surface area contributed by atoms with Gasteiger partial charge in [0.05, 0.1) is 0 Å². The molecule has 3 rings (SSSR count). The molecule has 0 spiro atoms. The van der Waals surface area contributed by atoms with Crippen LogP contribution in [0.3, 0.4) is 0 Å². The Morgan fingerprint density at radius 1 is 1.26 bits per heavy atom. The lowest BCUT2D eigenvalue weighted by atomic mass is 9.98. The molecular weight excluding hydrogens is 241 g/mol. The standard InChI is InChI=1S/C15H20FN3/c16-13-1-2-15-14(7-13)12(10-19-15)9-18-8-11-3-5-17-6-4-11/h1-2,7,10-11,17-19H,3-6,8-9H2. The molecule has 1 aromatic heterocycles. The number of H-pyrrole nitrogens is 1. The lowest BCUT2D eigenvalue weighted by molar-refractivity contribution is 0.356. The maximum Gasteiger partial charge on any atom is 0.123 e. The van der Waals surface area contributed by atoms with Crippen LogP contribution >= 0.6 is 0 Å². The predicted molar refractivity (Wildman–Crippen MR) is 75.6 cm³/mol. The number of halogens is 1. The minimum Gasteiger partial charge on any atom is -0.361 e. The largest absolute Gasteiger partial charge is 0.361 e. The van der Waals surface area contributed by atoms with Crippen molar-refractivity contribution in [2.45, 2.75) is 19.4 Å². The van der Waals surface area contributed by atoms with Crippen LogP contribution in [0.2, 0.25) is 0 Å². The molecule has 19 heavy (non-hydrogen) atoms. The summed E-state index contributed by atoms with van der Waals surface area (Å²) < 4.78 is 13.3. The van der Waals surface area contributed by atoms with E-state index in [1.54, 1.807) is 12.1 Å². The average molecular weight is 261 g/mol. The van der Waals surface area contributed by atoms with E-state index in [4.69, 9.17) is 0 Å². The van der Waals surface area contributed by atoms with Gasteiger partial charge < -0.3 is 15.6 Å². The van der Waals surface area contributed by atoms with Gasteiger partial charge in [-0.25, -0.2) is 4.39 Å². The van der Waals surface area contributed by atoms with E-state index < -0.39 is 0 Å². The van der Waals surface area contributed by atoms with Crippen LogP contribution in [-0.2, 0) is 6.54 Å². The van der Waals surface area contributed by atoms with E-state index in [1.807, 2.05) is 6.20 Å². The number of rotatable bonds is 4. The molecule has 102 valence electrons. The summed E-state index contributed by atoms with van der Waals surface area (Å²) >= 11 is 0. The van der Waals surface area contributed by atoms with Crippen molar-refractivity contribution < 1.29 is 4.39 Å². The van der Waals surface area contributed by atoms with Gasteiger partial charge in [-0.3, -0.25) is 0 Å². The molecule has 2 heterocycles. The van der Waals surface area contributed by atoms with E-state index in [0.29, 0.717) is 0 Å². The Hall–Kier alpha value is -1.39. The molecule has 1 fully saturated rings.